The molecule has 1 saturated heterocycles. The Morgan fingerprint density at radius 1 is 0.758 bits per heavy atom. The van der Waals surface area contributed by atoms with Gasteiger partial charge in [-0.25, -0.2) is 0 Å². The molecule has 0 bridgehead atoms. The predicted octanol–water partition coefficient (Wildman–Crippen LogP) is 9.51. The molecule has 8 nitrogen and oxygen atoms in total. The van der Waals surface area contributed by atoms with E-state index in [-0.39, 0.29) is 50.9 Å². The Kier molecular flexibility index (Phi) is 12.5. The van der Waals surface area contributed by atoms with Gasteiger partial charge in [0.25, 0.3) is 11.8 Å². The van der Waals surface area contributed by atoms with Crippen molar-refractivity contribution in [2.45, 2.75) is 150 Å². The maximum Gasteiger partial charge on any atom is 0.251 e. The fraction of sp³-hybridized carbons (Fsp3) is 0.685. The lowest BCUT2D eigenvalue weighted by molar-refractivity contribution is -0.246. The summed E-state index contributed by atoms with van der Waals surface area (Å²) in [6.07, 6.45) is 14.7. The lowest BCUT2D eigenvalue weighted by Crippen LogP contribution is -2.67. The number of carbonyl (C=O) groups is 3. The van der Waals surface area contributed by atoms with Crippen molar-refractivity contribution in [2.75, 3.05) is 26.7 Å². The van der Waals surface area contributed by atoms with Crippen LogP contribution in [0, 0.1) is 56.7 Å². The van der Waals surface area contributed by atoms with Crippen LogP contribution in [0.3, 0.4) is 0 Å². The number of carbonyl (C=O) groups excluding carboxylic acids is 3. The van der Waals surface area contributed by atoms with Crippen molar-refractivity contribution in [1.82, 2.24) is 20.9 Å². The topological polar surface area (TPSA) is 111 Å². The van der Waals surface area contributed by atoms with E-state index in [1.807, 2.05) is 48.5 Å². The molecular weight excluding hydrogens is 769 g/mol. The van der Waals surface area contributed by atoms with E-state index in [0.29, 0.717) is 72.8 Å². The van der Waals surface area contributed by atoms with E-state index in [0.717, 1.165) is 62.6 Å². The summed E-state index contributed by atoms with van der Waals surface area (Å²) in [5, 5.41) is 20.7. The summed E-state index contributed by atoms with van der Waals surface area (Å²) in [6.45, 7) is 22.0. The molecule has 3 amide bonds. The quantitative estimate of drug-likeness (QED) is 0.159. The number of benzene rings is 2. The highest BCUT2D eigenvalue weighted by atomic mass is 16.3. The van der Waals surface area contributed by atoms with Crippen LogP contribution in [-0.2, 0) is 17.8 Å². The molecule has 62 heavy (non-hydrogen) atoms. The van der Waals surface area contributed by atoms with E-state index >= 15 is 0 Å². The zero-order valence-corrected chi connectivity index (χ0v) is 39.2. The largest absolute Gasteiger partial charge is 0.393 e. The molecule has 1 aliphatic heterocycles. The van der Waals surface area contributed by atoms with Gasteiger partial charge in [0.15, 0.2) is 0 Å². The number of likely N-dealkylation sites (tertiary alicyclic amines) is 1. The molecule has 0 radical (unpaired) electrons. The monoisotopic (exact) mass is 847 g/mol. The number of nitrogens with zero attached hydrogens (tertiary/aromatic N) is 1. The average Bonchev–Trinajstić information content (AvgIpc) is 3.86. The third-order valence-corrected chi connectivity index (χ3v) is 19.5. The molecule has 6 aliphatic rings. The van der Waals surface area contributed by atoms with E-state index in [1.54, 1.807) is 0 Å². The van der Waals surface area contributed by atoms with Crippen LogP contribution in [0.5, 0.6) is 0 Å². The van der Waals surface area contributed by atoms with Crippen molar-refractivity contribution in [3.05, 3.63) is 82.9 Å². The molecule has 2 aromatic carbocycles. The lowest BCUT2D eigenvalue weighted by Gasteiger charge is -2.72. The van der Waals surface area contributed by atoms with Gasteiger partial charge in [-0.2, -0.15) is 0 Å². The highest BCUT2D eigenvalue weighted by Gasteiger charge is 2.71. The van der Waals surface area contributed by atoms with E-state index in [2.05, 4.69) is 76.0 Å². The van der Waals surface area contributed by atoms with Gasteiger partial charge in [-0.15, -0.1) is 0 Å². The number of aliphatic hydroxyl groups excluding tert-OH is 1. The van der Waals surface area contributed by atoms with Crippen LogP contribution in [0.2, 0.25) is 0 Å². The molecule has 338 valence electrons. The molecule has 1 heterocycles. The van der Waals surface area contributed by atoms with Crippen molar-refractivity contribution in [3.63, 3.8) is 0 Å². The molecule has 5 unspecified atom stereocenters. The molecule has 0 spiro atoms. The van der Waals surface area contributed by atoms with Crippen molar-refractivity contribution < 1.29 is 19.5 Å². The predicted molar refractivity (Wildman–Crippen MR) is 248 cm³/mol. The van der Waals surface area contributed by atoms with Crippen LogP contribution in [0.4, 0.5) is 0 Å². The highest BCUT2D eigenvalue weighted by Crippen LogP contribution is 2.77. The first-order valence-electron chi connectivity index (χ1n) is 24.5. The minimum absolute atomic E-state index is 0.0579. The van der Waals surface area contributed by atoms with Gasteiger partial charge in [-0.1, -0.05) is 71.0 Å². The third-order valence-electron chi connectivity index (χ3n) is 19.5. The number of hydrogen-bond acceptors (Lipinski definition) is 5. The summed E-state index contributed by atoms with van der Waals surface area (Å²) in [4.78, 5) is 43.2. The molecule has 5 saturated carbocycles. The van der Waals surface area contributed by atoms with Crippen LogP contribution < -0.4 is 16.0 Å². The molecule has 11 atom stereocenters. The first kappa shape index (κ1) is 45.1. The summed E-state index contributed by atoms with van der Waals surface area (Å²) in [5.41, 5.74) is 4.59. The standard InChI is InChI=1S/C54H78N4O4/c1-35(2)41-20-27-54(29-28-52(6)42(46(41)54)18-19-44-51(5)25-22-45(59)50(3,4)43(51)21-26-53(44,52)7)49(62)56-30-23-36-11-9-12-39(33-36)48(61)57-34-37-14-16-38(17-15-37)47(60)55-31-24-40-13-10-32-58(40)8/h9,11-12,14-17,33,40-46,59H,1,10,13,18-32,34H2,2-8H3,(H,55,60)(H,56,62)(H,57,61)/t40?,41-,42?,43?,44?,45-,46?,51-,52+,53+,54-/m0/s1. The zero-order valence-electron chi connectivity index (χ0n) is 39.2. The molecule has 4 N–H and O–H groups in total. The molecule has 8 rings (SSSR count). The maximum absolute atomic E-state index is 14.8. The Morgan fingerprint density at radius 2 is 1.52 bits per heavy atom. The first-order chi connectivity index (χ1) is 29.4. The van der Waals surface area contributed by atoms with Crippen molar-refractivity contribution in [2.24, 2.45) is 56.7 Å². The second-order valence-corrected chi connectivity index (χ2v) is 22.6. The maximum atomic E-state index is 14.8. The fourth-order valence-corrected chi connectivity index (χ4v) is 15.7. The molecule has 8 heteroatoms. The normalized spacial score (nSPS) is 37.3. The Bertz CT molecular complexity index is 2010. The minimum Gasteiger partial charge on any atom is -0.393 e. The summed E-state index contributed by atoms with van der Waals surface area (Å²) >= 11 is 0. The van der Waals surface area contributed by atoms with Gasteiger partial charge in [-0.3, -0.25) is 14.4 Å². The number of amides is 3. The third kappa shape index (κ3) is 7.69. The van der Waals surface area contributed by atoms with Gasteiger partial charge in [0.2, 0.25) is 5.91 Å². The van der Waals surface area contributed by atoms with Crippen LogP contribution in [0.15, 0.2) is 60.7 Å². The van der Waals surface area contributed by atoms with Crippen LogP contribution in [0.1, 0.15) is 157 Å². The Morgan fingerprint density at radius 3 is 2.24 bits per heavy atom. The molecular formula is C54H78N4O4. The fourth-order valence-electron chi connectivity index (χ4n) is 15.7. The Labute approximate surface area is 373 Å². The van der Waals surface area contributed by atoms with Crippen LogP contribution in [-0.4, -0.2) is 66.6 Å². The summed E-state index contributed by atoms with van der Waals surface area (Å²) in [6, 6.07) is 15.8. The highest BCUT2D eigenvalue weighted by molar-refractivity contribution is 5.95. The summed E-state index contributed by atoms with van der Waals surface area (Å²) in [7, 11) is 2.16. The van der Waals surface area contributed by atoms with Gasteiger partial charge in [-0.05, 0) is 197 Å². The van der Waals surface area contributed by atoms with Gasteiger partial charge < -0.3 is 26.0 Å². The molecule has 6 fully saturated rings. The summed E-state index contributed by atoms with van der Waals surface area (Å²) < 4.78 is 0. The minimum atomic E-state index is -0.370. The van der Waals surface area contributed by atoms with Crippen molar-refractivity contribution in [3.8, 4) is 0 Å². The van der Waals surface area contributed by atoms with Gasteiger partial charge in [0, 0.05) is 36.8 Å². The van der Waals surface area contributed by atoms with Gasteiger partial charge in [0.05, 0.1) is 11.5 Å². The Balaban J connectivity index is 0.873. The van der Waals surface area contributed by atoms with E-state index < -0.39 is 0 Å². The number of allylic oxidation sites excluding steroid dienone is 1. The SMILES string of the molecule is C=C(C)[C@@H]1CC[C@]2(C(=O)NCCc3cccc(C(=O)NCc4ccc(C(=O)NCCC5CCCN5C)cc4)c3)CC[C@]3(C)C(CCC4[C@@]5(C)CC[C@H](O)C(C)(C)C5CC[C@]43C)C12. The number of hydrogen-bond donors (Lipinski definition) is 4. The number of nitrogens with one attached hydrogen (secondary N) is 3. The van der Waals surface area contributed by atoms with Crippen LogP contribution in [0.25, 0.3) is 0 Å². The first-order valence-corrected chi connectivity index (χ1v) is 24.5. The average molecular weight is 847 g/mol. The number of fused-ring (bicyclic) bond motifs is 7. The second kappa shape index (κ2) is 17.1. The van der Waals surface area contributed by atoms with Crippen LogP contribution >= 0.6 is 0 Å². The van der Waals surface area contributed by atoms with Crippen molar-refractivity contribution >= 4 is 17.7 Å². The second-order valence-electron chi connectivity index (χ2n) is 22.6. The van der Waals surface area contributed by atoms with E-state index in [4.69, 9.17) is 0 Å². The lowest BCUT2D eigenvalue weighted by atomic mass is 9.32. The molecule has 5 aliphatic carbocycles. The molecule has 2 aromatic rings. The van der Waals surface area contributed by atoms with Gasteiger partial charge in [0.1, 0.15) is 0 Å². The summed E-state index contributed by atoms with van der Waals surface area (Å²) in [5.74, 6) is 2.36. The van der Waals surface area contributed by atoms with E-state index in [1.165, 1.54) is 44.1 Å². The zero-order chi connectivity index (χ0) is 44.2. The van der Waals surface area contributed by atoms with E-state index in [9.17, 15) is 19.5 Å². The smallest absolute Gasteiger partial charge is 0.251 e. The van der Waals surface area contributed by atoms with Crippen molar-refractivity contribution in [1.29, 1.82) is 0 Å². The number of rotatable bonds is 12. The Hall–Kier alpha value is -3.49. The molecule has 0 aromatic heterocycles. The number of aliphatic hydroxyl groups is 1. The van der Waals surface area contributed by atoms with Gasteiger partial charge >= 0.3 is 0 Å².